The van der Waals surface area contributed by atoms with Gasteiger partial charge in [-0.3, -0.25) is 14.2 Å². The van der Waals surface area contributed by atoms with Crippen molar-refractivity contribution >= 4 is 34.7 Å². The van der Waals surface area contributed by atoms with Crippen LogP contribution in [0.5, 0.6) is 0 Å². The number of carbonyl (C=O) groups excluding carboxylic acids is 1. The van der Waals surface area contributed by atoms with Gasteiger partial charge in [-0.1, -0.05) is 18.2 Å². The summed E-state index contributed by atoms with van der Waals surface area (Å²) < 4.78 is 7.33. The van der Waals surface area contributed by atoms with Gasteiger partial charge >= 0.3 is 0 Å². The standard InChI is InChI=1S/C20H18N4O3S/c1-2-24-19(26)17(13-22-14-7-4-3-5-8-14)28-20(24)16(11-21)18(25)23-12-15-9-6-10-27-15/h3-10,13,22H,2,12H2,1H3,(H,23,25). The molecule has 0 spiro atoms. The molecule has 0 fully saturated rings. The number of furan rings is 1. The second-order valence-corrected chi connectivity index (χ2v) is 6.76. The number of aromatic nitrogens is 1. The van der Waals surface area contributed by atoms with E-state index in [1.54, 1.807) is 25.3 Å². The van der Waals surface area contributed by atoms with E-state index < -0.39 is 5.91 Å². The molecule has 0 atom stereocenters. The molecule has 0 saturated carbocycles. The van der Waals surface area contributed by atoms with Crippen LogP contribution in [-0.4, -0.2) is 10.5 Å². The van der Waals surface area contributed by atoms with Crippen LogP contribution in [0, 0.1) is 11.3 Å². The van der Waals surface area contributed by atoms with E-state index in [0.717, 1.165) is 17.0 Å². The van der Waals surface area contributed by atoms with Crippen molar-refractivity contribution in [2.24, 2.45) is 0 Å². The fraction of sp³-hybridized carbons (Fsp3) is 0.150. The predicted octanol–water partition coefficient (Wildman–Crippen LogP) is 1.36. The second-order valence-electron chi connectivity index (χ2n) is 5.72. The summed E-state index contributed by atoms with van der Waals surface area (Å²) in [6.07, 6.45) is 3.10. The predicted molar refractivity (Wildman–Crippen MR) is 108 cm³/mol. The quantitative estimate of drug-likeness (QED) is 0.658. The topological polar surface area (TPSA) is 100 Å². The number of carbonyl (C=O) groups is 1. The van der Waals surface area contributed by atoms with Crippen LogP contribution in [0.3, 0.4) is 0 Å². The maximum Gasteiger partial charge on any atom is 0.270 e. The molecule has 1 aromatic carbocycles. The molecule has 0 bridgehead atoms. The summed E-state index contributed by atoms with van der Waals surface area (Å²) in [7, 11) is 0. The number of nitriles is 1. The summed E-state index contributed by atoms with van der Waals surface area (Å²) in [4.78, 5) is 25.2. The molecule has 3 rings (SSSR count). The van der Waals surface area contributed by atoms with Gasteiger partial charge in [0.1, 0.15) is 21.0 Å². The summed E-state index contributed by atoms with van der Waals surface area (Å²) in [6.45, 7) is 2.30. The molecule has 0 aliphatic carbocycles. The van der Waals surface area contributed by atoms with E-state index in [2.05, 4.69) is 10.6 Å². The van der Waals surface area contributed by atoms with Gasteiger partial charge in [-0.15, -0.1) is 11.3 Å². The van der Waals surface area contributed by atoms with Crippen molar-refractivity contribution < 1.29 is 9.21 Å². The Morgan fingerprint density at radius 3 is 2.71 bits per heavy atom. The number of nitrogens with zero attached hydrogens (tertiary/aromatic N) is 2. The van der Waals surface area contributed by atoms with E-state index in [4.69, 9.17) is 4.42 Å². The zero-order valence-corrected chi connectivity index (χ0v) is 16.0. The molecule has 0 unspecified atom stereocenters. The number of nitrogens with one attached hydrogen (secondary N) is 2. The molecule has 2 aromatic heterocycles. The lowest BCUT2D eigenvalue weighted by atomic mass is 10.3. The highest BCUT2D eigenvalue weighted by Crippen LogP contribution is 2.04. The fourth-order valence-corrected chi connectivity index (χ4v) is 3.63. The summed E-state index contributed by atoms with van der Waals surface area (Å²) in [5.74, 6) is 0.0238. The van der Waals surface area contributed by atoms with E-state index in [-0.39, 0.29) is 17.7 Å². The van der Waals surface area contributed by atoms with Gasteiger partial charge in [-0.05, 0) is 31.2 Å². The molecule has 0 saturated heterocycles. The number of hydrogen-bond acceptors (Lipinski definition) is 6. The third-order valence-electron chi connectivity index (χ3n) is 3.92. The van der Waals surface area contributed by atoms with E-state index >= 15 is 0 Å². The van der Waals surface area contributed by atoms with Crippen molar-refractivity contribution in [3.8, 4) is 6.07 Å². The summed E-state index contributed by atoms with van der Waals surface area (Å²) in [6, 6.07) is 14.8. The van der Waals surface area contributed by atoms with Crippen molar-refractivity contribution in [3.05, 3.63) is 74.0 Å². The van der Waals surface area contributed by atoms with E-state index in [9.17, 15) is 14.9 Å². The molecule has 2 heterocycles. The van der Waals surface area contributed by atoms with Gasteiger partial charge < -0.3 is 15.1 Å². The number of amides is 1. The van der Waals surface area contributed by atoms with Gasteiger partial charge in [0.15, 0.2) is 5.57 Å². The van der Waals surface area contributed by atoms with Gasteiger partial charge in [0.25, 0.3) is 11.5 Å². The lowest BCUT2D eigenvalue weighted by Crippen LogP contribution is -2.34. The van der Waals surface area contributed by atoms with Crippen LogP contribution in [0.4, 0.5) is 5.69 Å². The highest BCUT2D eigenvalue weighted by molar-refractivity contribution is 7.07. The molecular weight excluding hydrogens is 376 g/mol. The third kappa shape index (κ3) is 4.22. The van der Waals surface area contributed by atoms with E-state index in [0.29, 0.717) is 21.5 Å². The molecule has 0 aliphatic rings. The maximum atomic E-state index is 12.7. The maximum absolute atomic E-state index is 12.7. The van der Waals surface area contributed by atoms with Crippen LogP contribution in [0.2, 0.25) is 0 Å². The highest BCUT2D eigenvalue weighted by Gasteiger charge is 2.15. The fourth-order valence-electron chi connectivity index (χ4n) is 2.54. The molecule has 3 aromatic rings. The van der Waals surface area contributed by atoms with E-state index in [1.807, 2.05) is 36.4 Å². The monoisotopic (exact) mass is 394 g/mol. The van der Waals surface area contributed by atoms with Crippen molar-refractivity contribution in [3.63, 3.8) is 0 Å². The van der Waals surface area contributed by atoms with Crippen molar-refractivity contribution in [2.45, 2.75) is 20.0 Å². The van der Waals surface area contributed by atoms with Gasteiger partial charge in [0.05, 0.1) is 12.8 Å². The van der Waals surface area contributed by atoms with Crippen LogP contribution in [-0.2, 0) is 17.9 Å². The summed E-state index contributed by atoms with van der Waals surface area (Å²) in [5.41, 5.74) is 0.480. The lowest BCUT2D eigenvalue weighted by Gasteiger charge is -2.02. The Morgan fingerprint density at radius 2 is 2.07 bits per heavy atom. The smallest absolute Gasteiger partial charge is 0.270 e. The zero-order valence-electron chi connectivity index (χ0n) is 15.1. The van der Waals surface area contributed by atoms with Gasteiger partial charge in [0.2, 0.25) is 0 Å². The first-order valence-corrected chi connectivity index (χ1v) is 9.42. The Morgan fingerprint density at radius 1 is 1.29 bits per heavy atom. The van der Waals surface area contributed by atoms with Crippen molar-refractivity contribution in [1.82, 2.24) is 9.88 Å². The third-order valence-corrected chi connectivity index (χ3v) is 5.05. The Labute approximate surface area is 164 Å². The molecule has 0 aliphatic heterocycles. The molecule has 142 valence electrons. The average Bonchev–Trinajstić information content (AvgIpc) is 3.34. The molecule has 7 nitrogen and oxygen atoms in total. The average molecular weight is 394 g/mol. The number of hydrogen-bond donors (Lipinski definition) is 2. The number of benzene rings is 1. The largest absolute Gasteiger partial charge is 0.467 e. The Balaban J connectivity index is 1.97. The second kappa shape index (κ2) is 8.88. The highest BCUT2D eigenvalue weighted by atomic mass is 32.1. The van der Waals surface area contributed by atoms with Gasteiger partial charge in [0, 0.05) is 18.4 Å². The number of para-hydroxylation sites is 1. The minimum atomic E-state index is -0.551. The van der Waals surface area contributed by atoms with Crippen molar-refractivity contribution in [2.75, 3.05) is 5.32 Å². The normalized spacial score (nSPS) is 12.4. The van der Waals surface area contributed by atoms with Crippen LogP contribution in [0.25, 0.3) is 11.8 Å². The minimum Gasteiger partial charge on any atom is -0.467 e. The summed E-state index contributed by atoms with van der Waals surface area (Å²) >= 11 is 1.10. The Kier molecular flexibility index (Phi) is 6.09. The number of thiazole rings is 1. The summed E-state index contributed by atoms with van der Waals surface area (Å²) in [5, 5.41) is 15.2. The van der Waals surface area contributed by atoms with Crippen LogP contribution in [0.15, 0.2) is 57.9 Å². The van der Waals surface area contributed by atoms with Crippen LogP contribution >= 0.6 is 11.3 Å². The van der Waals surface area contributed by atoms with Crippen LogP contribution in [0.1, 0.15) is 12.7 Å². The number of anilines is 1. The number of rotatable bonds is 6. The van der Waals surface area contributed by atoms with Gasteiger partial charge in [-0.2, -0.15) is 5.26 Å². The van der Waals surface area contributed by atoms with E-state index in [1.165, 1.54) is 10.8 Å². The molecule has 8 heteroatoms. The Hall–Kier alpha value is -3.57. The van der Waals surface area contributed by atoms with Crippen LogP contribution < -0.4 is 25.4 Å². The van der Waals surface area contributed by atoms with Gasteiger partial charge in [-0.25, -0.2) is 0 Å². The molecule has 2 N–H and O–H groups in total. The molecule has 1 amide bonds. The first-order valence-electron chi connectivity index (χ1n) is 8.60. The Bertz CT molecular complexity index is 1170. The zero-order chi connectivity index (χ0) is 19.9. The molecule has 0 radical (unpaired) electrons. The SMILES string of the molecule is CCn1c(=C(C#N)C(=O)NCc2ccco2)sc(=CNc2ccccc2)c1=O. The first-order chi connectivity index (χ1) is 13.6. The first kappa shape index (κ1) is 19.2. The minimum absolute atomic E-state index is 0.102. The van der Waals surface area contributed by atoms with Crippen molar-refractivity contribution in [1.29, 1.82) is 5.26 Å². The molecule has 28 heavy (non-hydrogen) atoms. The molecular formula is C20H18N4O3S. The lowest BCUT2D eigenvalue weighted by molar-refractivity contribution is -0.115.